The summed E-state index contributed by atoms with van der Waals surface area (Å²) >= 11 is 11.2. The molecule has 5 nitrogen and oxygen atoms in total. The molecule has 30 heavy (non-hydrogen) atoms. The SMILES string of the molecule is COC(=O)c1ccc(Cl)c(N(C)C(=O)c2cc3c(s2)-c2ccc(Br)cc2OCC3)c1. The molecule has 0 saturated carbocycles. The van der Waals surface area contributed by atoms with E-state index in [0.717, 1.165) is 26.2 Å². The minimum Gasteiger partial charge on any atom is -0.493 e. The Labute approximate surface area is 191 Å². The summed E-state index contributed by atoms with van der Waals surface area (Å²) in [4.78, 5) is 28.2. The predicted molar refractivity (Wildman–Crippen MR) is 122 cm³/mol. The number of carbonyl (C=O) groups excluding carboxylic acids is 2. The number of thiophene rings is 1. The van der Waals surface area contributed by atoms with Crippen molar-refractivity contribution < 1.29 is 19.1 Å². The lowest BCUT2D eigenvalue weighted by Gasteiger charge is -2.18. The second kappa shape index (κ2) is 8.41. The number of hydrogen-bond donors (Lipinski definition) is 0. The van der Waals surface area contributed by atoms with Crippen LogP contribution in [0.4, 0.5) is 5.69 Å². The van der Waals surface area contributed by atoms with Crippen LogP contribution in [-0.2, 0) is 11.2 Å². The summed E-state index contributed by atoms with van der Waals surface area (Å²) in [5.41, 5.74) is 2.83. The Morgan fingerprint density at radius 2 is 2.00 bits per heavy atom. The van der Waals surface area contributed by atoms with Gasteiger partial charge >= 0.3 is 5.97 Å². The fourth-order valence-electron chi connectivity index (χ4n) is 3.31. The molecule has 0 aliphatic carbocycles. The van der Waals surface area contributed by atoms with Gasteiger partial charge in [0.15, 0.2) is 0 Å². The molecule has 1 aromatic heterocycles. The van der Waals surface area contributed by atoms with Crippen molar-refractivity contribution in [1.29, 1.82) is 0 Å². The highest BCUT2D eigenvalue weighted by molar-refractivity contribution is 9.10. The van der Waals surface area contributed by atoms with Gasteiger partial charge in [-0.15, -0.1) is 11.3 Å². The van der Waals surface area contributed by atoms with Crippen molar-refractivity contribution in [1.82, 2.24) is 0 Å². The van der Waals surface area contributed by atoms with Crippen LogP contribution in [0, 0.1) is 0 Å². The van der Waals surface area contributed by atoms with Crippen LogP contribution >= 0.6 is 38.9 Å². The number of esters is 1. The molecule has 2 heterocycles. The summed E-state index contributed by atoms with van der Waals surface area (Å²) in [5, 5.41) is 0.375. The Morgan fingerprint density at radius 3 is 2.77 bits per heavy atom. The molecule has 0 saturated heterocycles. The molecule has 0 atom stereocenters. The summed E-state index contributed by atoms with van der Waals surface area (Å²) in [7, 11) is 2.95. The smallest absolute Gasteiger partial charge is 0.337 e. The summed E-state index contributed by atoms with van der Waals surface area (Å²) in [6.45, 7) is 0.545. The van der Waals surface area contributed by atoms with E-state index in [9.17, 15) is 9.59 Å². The van der Waals surface area contributed by atoms with E-state index in [-0.39, 0.29) is 5.91 Å². The number of nitrogens with zero attached hydrogens (tertiary/aromatic N) is 1. The first kappa shape index (κ1) is 20.9. The van der Waals surface area contributed by atoms with Gasteiger partial charge in [-0.25, -0.2) is 4.79 Å². The number of fused-ring (bicyclic) bond motifs is 3. The second-order valence-corrected chi connectivity index (χ2v) is 9.10. The van der Waals surface area contributed by atoms with Gasteiger partial charge in [0.25, 0.3) is 5.91 Å². The first-order valence-electron chi connectivity index (χ1n) is 9.10. The van der Waals surface area contributed by atoms with E-state index >= 15 is 0 Å². The molecule has 0 spiro atoms. The molecule has 1 aliphatic rings. The molecule has 1 amide bonds. The number of hydrogen-bond acceptors (Lipinski definition) is 5. The monoisotopic (exact) mass is 505 g/mol. The predicted octanol–water partition coefficient (Wildman–Crippen LogP) is 5.83. The lowest BCUT2D eigenvalue weighted by molar-refractivity contribution is 0.0600. The molecule has 0 radical (unpaired) electrons. The summed E-state index contributed by atoms with van der Waals surface area (Å²) < 4.78 is 11.6. The molecule has 1 aliphatic heterocycles. The van der Waals surface area contributed by atoms with Crippen LogP contribution in [0.2, 0.25) is 5.02 Å². The number of anilines is 1. The van der Waals surface area contributed by atoms with Gasteiger partial charge in [0.05, 0.1) is 34.9 Å². The third-order valence-electron chi connectivity index (χ3n) is 4.87. The first-order valence-corrected chi connectivity index (χ1v) is 11.1. The van der Waals surface area contributed by atoms with Gasteiger partial charge in [-0.3, -0.25) is 4.79 Å². The minimum absolute atomic E-state index is 0.198. The number of halogens is 2. The zero-order chi connectivity index (χ0) is 21.4. The first-order chi connectivity index (χ1) is 14.4. The molecule has 3 aromatic rings. The Balaban J connectivity index is 1.70. The summed E-state index contributed by atoms with van der Waals surface area (Å²) in [5.74, 6) is 0.113. The van der Waals surface area contributed by atoms with Crippen molar-refractivity contribution in [3.63, 3.8) is 0 Å². The molecular formula is C22H17BrClNO4S. The maximum Gasteiger partial charge on any atom is 0.337 e. The van der Waals surface area contributed by atoms with E-state index < -0.39 is 5.97 Å². The summed E-state index contributed by atoms with van der Waals surface area (Å²) in [6.07, 6.45) is 0.716. The molecule has 0 N–H and O–H groups in total. The minimum atomic E-state index is -0.487. The molecule has 2 aromatic carbocycles. The zero-order valence-corrected chi connectivity index (χ0v) is 19.4. The van der Waals surface area contributed by atoms with Crippen LogP contribution in [0.15, 0.2) is 46.9 Å². The van der Waals surface area contributed by atoms with E-state index in [4.69, 9.17) is 21.1 Å². The molecule has 0 fully saturated rings. The largest absolute Gasteiger partial charge is 0.493 e. The quantitative estimate of drug-likeness (QED) is 0.420. The average Bonchev–Trinajstić information content (AvgIpc) is 3.09. The van der Waals surface area contributed by atoms with Crippen LogP contribution in [0.1, 0.15) is 25.6 Å². The van der Waals surface area contributed by atoms with Gasteiger partial charge in [-0.05, 0) is 48.0 Å². The number of rotatable bonds is 3. The Morgan fingerprint density at radius 1 is 1.20 bits per heavy atom. The van der Waals surface area contributed by atoms with Crippen molar-refractivity contribution in [2.75, 3.05) is 25.7 Å². The highest BCUT2D eigenvalue weighted by atomic mass is 79.9. The zero-order valence-electron chi connectivity index (χ0n) is 16.2. The second-order valence-electron chi connectivity index (χ2n) is 6.73. The van der Waals surface area contributed by atoms with Crippen LogP contribution < -0.4 is 9.64 Å². The van der Waals surface area contributed by atoms with E-state index in [1.807, 2.05) is 24.3 Å². The molecule has 0 unspecified atom stereocenters. The van der Waals surface area contributed by atoms with Gasteiger partial charge in [-0.1, -0.05) is 27.5 Å². The maximum absolute atomic E-state index is 13.2. The summed E-state index contributed by atoms with van der Waals surface area (Å²) in [6, 6.07) is 12.5. The fourth-order valence-corrected chi connectivity index (χ4v) is 5.11. The third kappa shape index (κ3) is 3.85. The number of amides is 1. The molecular weight excluding hydrogens is 490 g/mol. The Hall–Kier alpha value is -2.35. The molecule has 154 valence electrons. The van der Waals surface area contributed by atoms with E-state index in [0.29, 0.717) is 34.2 Å². The number of ether oxygens (including phenoxy) is 2. The fraction of sp³-hybridized carbons (Fsp3) is 0.182. The number of benzene rings is 2. The third-order valence-corrected chi connectivity index (χ3v) is 6.88. The van der Waals surface area contributed by atoms with E-state index in [2.05, 4.69) is 15.9 Å². The maximum atomic E-state index is 13.2. The van der Waals surface area contributed by atoms with Crippen molar-refractivity contribution in [2.45, 2.75) is 6.42 Å². The lowest BCUT2D eigenvalue weighted by atomic mass is 10.1. The van der Waals surface area contributed by atoms with Gasteiger partial charge < -0.3 is 14.4 Å². The van der Waals surface area contributed by atoms with Crippen LogP contribution in [0.3, 0.4) is 0 Å². The Bertz CT molecular complexity index is 1160. The van der Waals surface area contributed by atoms with Crippen LogP contribution in [-0.4, -0.2) is 32.6 Å². The lowest BCUT2D eigenvalue weighted by Crippen LogP contribution is -2.26. The van der Waals surface area contributed by atoms with Crippen molar-refractivity contribution in [3.05, 3.63) is 68.0 Å². The van der Waals surface area contributed by atoms with E-state index in [1.165, 1.54) is 23.3 Å². The van der Waals surface area contributed by atoms with Crippen molar-refractivity contribution in [3.8, 4) is 16.2 Å². The normalized spacial score (nSPS) is 12.3. The molecule has 8 heteroatoms. The molecule has 0 bridgehead atoms. The van der Waals surface area contributed by atoms with Crippen molar-refractivity contribution in [2.24, 2.45) is 0 Å². The average molecular weight is 507 g/mol. The van der Waals surface area contributed by atoms with Crippen LogP contribution in [0.5, 0.6) is 5.75 Å². The van der Waals surface area contributed by atoms with Gasteiger partial charge in [0, 0.05) is 28.4 Å². The van der Waals surface area contributed by atoms with Gasteiger partial charge in [0.2, 0.25) is 0 Å². The topological polar surface area (TPSA) is 55.8 Å². The van der Waals surface area contributed by atoms with Gasteiger partial charge in [0.1, 0.15) is 5.75 Å². The van der Waals surface area contributed by atoms with Crippen LogP contribution in [0.25, 0.3) is 10.4 Å². The highest BCUT2D eigenvalue weighted by Crippen LogP contribution is 2.42. The van der Waals surface area contributed by atoms with Crippen molar-refractivity contribution >= 4 is 56.4 Å². The highest BCUT2D eigenvalue weighted by Gasteiger charge is 2.24. The van der Waals surface area contributed by atoms with E-state index in [1.54, 1.807) is 25.2 Å². The molecule has 4 rings (SSSR count). The number of methoxy groups -OCH3 is 1. The standard InChI is InChI=1S/C22H17BrClNO4S/c1-25(17-9-13(22(27)28-2)3-6-16(17)24)21(26)19-10-12-7-8-29-18-11-14(23)4-5-15(18)20(12)30-19/h3-6,9-11H,7-8H2,1-2H3. The number of carbonyl (C=O) groups is 2. The Kier molecular flexibility index (Phi) is 5.86. The van der Waals surface area contributed by atoms with Gasteiger partial charge in [-0.2, -0.15) is 0 Å².